The molecule has 0 heterocycles. The molecule has 0 fully saturated rings. The van der Waals surface area contributed by atoms with Gasteiger partial charge < -0.3 is 0 Å². The van der Waals surface area contributed by atoms with E-state index < -0.39 is 4.83 Å². The monoisotopic (exact) mass is 284 g/mol. The molecule has 2 aromatic carbocycles. The van der Waals surface area contributed by atoms with E-state index in [-0.39, 0.29) is 5.56 Å². The van der Waals surface area contributed by atoms with E-state index in [2.05, 4.69) is 15.9 Å². The van der Waals surface area contributed by atoms with Gasteiger partial charge in [-0.25, -0.2) is 0 Å². The highest BCUT2D eigenvalue weighted by atomic mass is 79.9. The van der Waals surface area contributed by atoms with Crippen LogP contribution in [0.3, 0.4) is 0 Å². The van der Waals surface area contributed by atoms with Gasteiger partial charge in [0.1, 0.15) is 0 Å². The Morgan fingerprint density at radius 1 is 1.06 bits per heavy atom. The largest absolute Gasteiger partial charge is 0.327 e. The van der Waals surface area contributed by atoms with Gasteiger partial charge >= 0.3 is 4.83 Å². The molecule has 4 heteroatoms. The van der Waals surface area contributed by atoms with E-state index in [0.717, 1.165) is 0 Å². The van der Waals surface area contributed by atoms with Crippen molar-refractivity contribution in [2.45, 2.75) is 4.83 Å². The molecule has 0 saturated heterocycles. The molecule has 0 radical (unpaired) electrons. The summed E-state index contributed by atoms with van der Waals surface area (Å²) in [6.07, 6.45) is 0.665. The molecule has 0 amide bonds. The molecule has 82 valence electrons. The second-order valence-electron chi connectivity index (χ2n) is 3.36. The molecular formula is C12H7BrF2O. The summed E-state index contributed by atoms with van der Waals surface area (Å²) in [5.74, 6) is 0. The molecule has 0 aliphatic heterocycles. The molecule has 0 aromatic heterocycles. The predicted octanol–water partition coefficient (Wildman–Crippen LogP) is 4.10. The van der Waals surface area contributed by atoms with E-state index in [1.165, 1.54) is 12.1 Å². The number of alkyl halides is 3. The van der Waals surface area contributed by atoms with Gasteiger partial charge in [-0.15, -0.1) is 0 Å². The fourth-order valence-corrected chi connectivity index (χ4v) is 2.03. The standard InChI is InChI=1S/C12H7BrF2O/c13-12(14,15)11-6-2-4-9-8(7-16)3-1-5-10(9)11/h1-7H. The molecule has 16 heavy (non-hydrogen) atoms. The lowest BCUT2D eigenvalue weighted by molar-refractivity contribution is 0.112. The van der Waals surface area contributed by atoms with E-state index >= 15 is 0 Å². The highest BCUT2D eigenvalue weighted by molar-refractivity contribution is 9.09. The van der Waals surface area contributed by atoms with Crippen molar-refractivity contribution in [2.24, 2.45) is 0 Å². The average molecular weight is 285 g/mol. The first-order chi connectivity index (χ1) is 7.54. The summed E-state index contributed by atoms with van der Waals surface area (Å²) >= 11 is 2.33. The van der Waals surface area contributed by atoms with Crippen LogP contribution in [-0.4, -0.2) is 6.29 Å². The van der Waals surface area contributed by atoms with Gasteiger partial charge in [-0.3, -0.25) is 4.79 Å². The third-order valence-electron chi connectivity index (χ3n) is 2.39. The van der Waals surface area contributed by atoms with Gasteiger partial charge in [0, 0.05) is 11.1 Å². The summed E-state index contributed by atoms with van der Waals surface area (Å²) in [5, 5.41) is 0.920. The van der Waals surface area contributed by atoms with Crippen molar-refractivity contribution in [2.75, 3.05) is 0 Å². The molecule has 0 saturated carbocycles. The lowest BCUT2D eigenvalue weighted by Gasteiger charge is -2.12. The Hall–Kier alpha value is -1.29. The first-order valence-corrected chi connectivity index (χ1v) is 5.37. The van der Waals surface area contributed by atoms with Crippen LogP contribution in [-0.2, 0) is 4.83 Å². The lowest BCUT2D eigenvalue weighted by atomic mass is 10.0. The lowest BCUT2D eigenvalue weighted by Crippen LogP contribution is -2.03. The molecule has 0 bridgehead atoms. The first kappa shape index (κ1) is 11.2. The van der Waals surface area contributed by atoms with E-state index in [0.29, 0.717) is 22.6 Å². The summed E-state index contributed by atoms with van der Waals surface area (Å²) < 4.78 is 26.5. The minimum absolute atomic E-state index is 0.131. The molecule has 0 aliphatic rings. The molecular weight excluding hydrogens is 278 g/mol. The third-order valence-corrected chi connectivity index (χ3v) is 2.82. The molecule has 0 atom stereocenters. The number of rotatable bonds is 2. The van der Waals surface area contributed by atoms with Crippen LogP contribution in [0.25, 0.3) is 10.8 Å². The van der Waals surface area contributed by atoms with Gasteiger partial charge in [0.15, 0.2) is 6.29 Å². The number of aldehydes is 1. The number of hydrogen-bond acceptors (Lipinski definition) is 1. The van der Waals surface area contributed by atoms with Crippen LogP contribution in [0.2, 0.25) is 0 Å². The van der Waals surface area contributed by atoms with Crippen molar-refractivity contribution in [3.8, 4) is 0 Å². The topological polar surface area (TPSA) is 17.1 Å². The Morgan fingerprint density at radius 3 is 2.31 bits per heavy atom. The van der Waals surface area contributed by atoms with Crippen molar-refractivity contribution in [1.29, 1.82) is 0 Å². The molecule has 0 spiro atoms. The van der Waals surface area contributed by atoms with Crippen LogP contribution in [0.1, 0.15) is 15.9 Å². The maximum atomic E-state index is 13.2. The van der Waals surface area contributed by atoms with E-state index in [1.807, 2.05) is 0 Å². The van der Waals surface area contributed by atoms with Crippen LogP contribution in [0.15, 0.2) is 36.4 Å². The Bertz CT molecular complexity index is 546. The number of hydrogen-bond donors (Lipinski definition) is 0. The van der Waals surface area contributed by atoms with E-state index in [4.69, 9.17) is 0 Å². The number of benzene rings is 2. The van der Waals surface area contributed by atoms with Gasteiger partial charge in [-0.05, 0) is 26.7 Å². The van der Waals surface area contributed by atoms with Crippen molar-refractivity contribution in [3.05, 3.63) is 47.5 Å². The second-order valence-corrected chi connectivity index (χ2v) is 4.36. The van der Waals surface area contributed by atoms with Crippen molar-refractivity contribution < 1.29 is 13.6 Å². The van der Waals surface area contributed by atoms with E-state index in [9.17, 15) is 13.6 Å². The molecule has 1 nitrogen and oxygen atoms in total. The Labute approximate surface area is 99.2 Å². The highest BCUT2D eigenvalue weighted by Crippen LogP contribution is 2.38. The van der Waals surface area contributed by atoms with Gasteiger partial charge in [0.05, 0.1) is 0 Å². The summed E-state index contributed by atoms with van der Waals surface area (Å²) in [6.45, 7) is 0. The first-order valence-electron chi connectivity index (χ1n) is 4.58. The Morgan fingerprint density at radius 2 is 1.69 bits per heavy atom. The zero-order valence-corrected chi connectivity index (χ0v) is 9.67. The van der Waals surface area contributed by atoms with Crippen molar-refractivity contribution in [3.63, 3.8) is 0 Å². The van der Waals surface area contributed by atoms with Gasteiger partial charge in [0.25, 0.3) is 0 Å². The van der Waals surface area contributed by atoms with Crippen LogP contribution in [0.4, 0.5) is 8.78 Å². The normalized spacial score (nSPS) is 11.7. The van der Waals surface area contributed by atoms with Crippen LogP contribution in [0, 0.1) is 0 Å². The average Bonchev–Trinajstić information content (AvgIpc) is 2.26. The van der Waals surface area contributed by atoms with Gasteiger partial charge in [-0.2, -0.15) is 8.78 Å². The Balaban J connectivity index is 2.84. The zero-order chi connectivity index (χ0) is 11.8. The highest BCUT2D eigenvalue weighted by Gasteiger charge is 2.28. The number of halogens is 3. The van der Waals surface area contributed by atoms with Crippen LogP contribution >= 0.6 is 15.9 Å². The number of fused-ring (bicyclic) bond motifs is 1. The van der Waals surface area contributed by atoms with Crippen LogP contribution < -0.4 is 0 Å². The SMILES string of the molecule is O=Cc1cccc2c(C(F)(F)Br)cccc12. The summed E-state index contributed by atoms with van der Waals surface area (Å²) in [6, 6.07) is 9.28. The predicted molar refractivity (Wildman–Crippen MR) is 62.2 cm³/mol. The third kappa shape index (κ3) is 1.85. The van der Waals surface area contributed by atoms with Gasteiger partial charge in [-0.1, -0.05) is 36.4 Å². The summed E-state index contributed by atoms with van der Waals surface area (Å²) in [4.78, 5) is 7.69. The Kier molecular flexibility index (Phi) is 2.76. The number of carbonyl (C=O) groups is 1. The fraction of sp³-hybridized carbons (Fsp3) is 0.0833. The fourth-order valence-electron chi connectivity index (χ4n) is 1.68. The molecule has 2 aromatic rings. The summed E-state index contributed by atoms with van der Waals surface area (Å²) in [7, 11) is 0. The molecule has 0 aliphatic carbocycles. The zero-order valence-electron chi connectivity index (χ0n) is 8.08. The molecule has 2 rings (SSSR count). The van der Waals surface area contributed by atoms with Gasteiger partial charge in [0.2, 0.25) is 0 Å². The van der Waals surface area contributed by atoms with Crippen LogP contribution in [0.5, 0.6) is 0 Å². The van der Waals surface area contributed by atoms with Crippen molar-refractivity contribution >= 4 is 33.0 Å². The maximum Gasteiger partial charge on any atom is 0.327 e. The molecule has 0 unspecified atom stereocenters. The van der Waals surface area contributed by atoms with Crippen molar-refractivity contribution in [1.82, 2.24) is 0 Å². The minimum atomic E-state index is -3.09. The minimum Gasteiger partial charge on any atom is -0.298 e. The second kappa shape index (κ2) is 3.94. The van der Waals surface area contributed by atoms with E-state index in [1.54, 1.807) is 24.3 Å². The quantitative estimate of drug-likeness (QED) is 0.599. The number of carbonyl (C=O) groups excluding carboxylic acids is 1. The molecule has 0 N–H and O–H groups in total. The smallest absolute Gasteiger partial charge is 0.298 e. The summed E-state index contributed by atoms with van der Waals surface area (Å²) in [5.41, 5.74) is 0.282. The maximum absolute atomic E-state index is 13.2.